The van der Waals surface area contributed by atoms with Crippen molar-refractivity contribution in [3.8, 4) is 5.75 Å². The van der Waals surface area contributed by atoms with Gasteiger partial charge in [-0.05, 0) is 31.5 Å². The average molecular weight is 399 g/mol. The summed E-state index contributed by atoms with van der Waals surface area (Å²) in [6, 6.07) is 4.04. The van der Waals surface area contributed by atoms with Crippen molar-refractivity contribution in [3.05, 3.63) is 23.2 Å². The standard InChI is InChI=1S/C14H23ClN2O5S2/c1-5-11(2)17(23(4,18)19)9-8-16-24(20,21)14-10-12(15)6-7-13(14)22-3/h6-7,10-11,16H,5,8-9H2,1-4H3. The number of nitrogens with zero attached hydrogens (tertiary/aromatic N) is 1. The molecule has 1 aromatic rings. The van der Waals surface area contributed by atoms with Gasteiger partial charge in [-0.3, -0.25) is 0 Å². The number of methoxy groups -OCH3 is 1. The highest BCUT2D eigenvalue weighted by molar-refractivity contribution is 7.89. The van der Waals surface area contributed by atoms with Gasteiger partial charge < -0.3 is 4.74 Å². The van der Waals surface area contributed by atoms with E-state index < -0.39 is 20.0 Å². The van der Waals surface area contributed by atoms with E-state index in [1.165, 1.54) is 29.6 Å². The maximum Gasteiger partial charge on any atom is 0.244 e. The van der Waals surface area contributed by atoms with Crippen molar-refractivity contribution in [1.29, 1.82) is 0 Å². The van der Waals surface area contributed by atoms with Crippen LogP contribution in [0.5, 0.6) is 5.75 Å². The van der Waals surface area contributed by atoms with E-state index in [0.717, 1.165) is 6.26 Å². The second kappa shape index (κ2) is 8.48. The second-order valence-corrected chi connectivity index (χ2v) is 9.43. The SMILES string of the molecule is CCC(C)N(CCNS(=O)(=O)c1cc(Cl)ccc1OC)S(C)(=O)=O. The minimum atomic E-state index is -3.88. The molecule has 0 spiro atoms. The van der Waals surface area contributed by atoms with E-state index >= 15 is 0 Å². The lowest BCUT2D eigenvalue weighted by Crippen LogP contribution is -2.42. The van der Waals surface area contributed by atoms with Gasteiger partial charge in [-0.25, -0.2) is 21.6 Å². The third-order valence-electron chi connectivity index (χ3n) is 3.55. The molecule has 0 saturated heterocycles. The highest BCUT2D eigenvalue weighted by Gasteiger charge is 2.24. The number of benzene rings is 1. The Morgan fingerprint density at radius 2 is 1.92 bits per heavy atom. The first-order valence-electron chi connectivity index (χ1n) is 7.33. The molecule has 1 rings (SSSR count). The van der Waals surface area contributed by atoms with Crippen LogP contribution in [-0.4, -0.2) is 53.6 Å². The highest BCUT2D eigenvalue weighted by Crippen LogP contribution is 2.26. The fraction of sp³-hybridized carbons (Fsp3) is 0.571. The molecular weight excluding hydrogens is 376 g/mol. The Hall–Kier alpha value is -0.870. The molecule has 24 heavy (non-hydrogen) atoms. The molecule has 0 aliphatic heterocycles. The molecule has 1 N–H and O–H groups in total. The topological polar surface area (TPSA) is 92.8 Å². The van der Waals surface area contributed by atoms with Crippen molar-refractivity contribution in [2.24, 2.45) is 0 Å². The first kappa shape index (κ1) is 21.2. The molecule has 0 fully saturated rings. The van der Waals surface area contributed by atoms with Crippen LogP contribution in [0.15, 0.2) is 23.1 Å². The van der Waals surface area contributed by atoms with Crippen LogP contribution < -0.4 is 9.46 Å². The second-order valence-electron chi connectivity index (χ2n) is 5.32. The minimum Gasteiger partial charge on any atom is -0.495 e. The predicted molar refractivity (Wildman–Crippen MR) is 94.5 cm³/mol. The van der Waals surface area contributed by atoms with Gasteiger partial charge in [-0.1, -0.05) is 18.5 Å². The molecule has 0 bridgehead atoms. The summed E-state index contributed by atoms with van der Waals surface area (Å²) in [7, 11) is -5.95. The van der Waals surface area contributed by atoms with Gasteiger partial charge in [0.15, 0.2) is 0 Å². The maximum absolute atomic E-state index is 12.4. The van der Waals surface area contributed by atoms with E-state index in [1.54, 1.807) is 6.92 Å². The molecule has 1 unspecified atom stereocenters. The largest absolute Gasteiger partial charge is 0.495 e. The van der Waals surface area contributed by atoms with Crippen molar-refractivity contribution >= 4 is 31.6 Å². The lowest BCUT2D eigenvalue weighted by atomic mass is 10.2. The van der Waals surface area contributed by atoms with Crippen LogP contribution in [0.2, 0.25) is 5.02 Å². The van der Waals surface area contributed by atoms with Crippen LogP contribution in [0.3, 0.4) is 0 Å². The summed E-state index contributed by atoms with van der Waals surface area (Å²) in [4.78, 5) is -0.0908. The predicted octanol–water partition coefficient (Wildman–Crippen LogP) is 1.69. The molecule has 0 aliphatic rings. The first-order valence-corrected chi connectivity index (χ1v) is 11.0. The Labute approximate surface area is 149 Å². The van der Waals surface area contributed by atoms with E-state index in [-0.39, 0.29) is 34.8 Å². The van der Waals surface area contributed by atoms with Gasteiger partial charge in [0.25, 0.3) is 0 Å². The minimum absolute atomic E-state index is 0.0376. The average Bonchev–Trinajstić information content (AvgIpc) is 2.49. The molecule has 1 atom stereocenters. The van der Waals surface area contributed by atoms with Gasteiger partial charge in [-0.2, -0.15) is 4.31 Å². The Kier molecular flexibility index (Phi) is 7.48. The van der Waals surface area contributed by atoms with Crippen LogP contribution in [0.25, 0.3) is 0 Å². The third kappa shape index (κ3) is 5.59. The lowest BCUT2D eigenvalue weighted by molar-refractivity contribution is 0.334. The lowest BCUT2D eigenvalue weighted by Gasteiger charge is -2.26. The smallest absolute Gasteiger partial charge is 0.244 e. The third-order valence-corrected chi connectivity index (χ3v) is 6.66. The normalized spacial score (nSPS) is 13.9. The van der Waals surface area contributed by atoms with Gasteiger partial charge in [0.05, 0.1) is 13.4 Å². The molecule has 0 heterocycles. The van der Waals surface area contributed by atoms with Gasteiger partial charge in [0.1, 0.15) is 10.6 Å². The van der Waals surface area contributed by atoms with Crippen LogP contribution in [0.4, 0.5) is 0 Å². The van der Waals surface area contributed by atoms with Crippen molar-refractivity contribution in [1.82, 2.24) is 9.03 Å². The molecule has 0 saturated carbocycles. The van der Waals surface area contributed by atoms with Crippen molar-refractivity contribution in [2.75, 3.05) is 26.5 Å². The molecular formula is C14H23ClN2O5S2. The zero-order valence-corrected chi connectivity index (χ0v) is 16.5. The maximum atomic E-state index is 12.4. The highest BCUT2D eigenvalue weighted by atomic mass is 35.5. The van der Waals surface area contributed by atoms with E-state index in [2.05, 4.69) is 4.72 Å². The number of ether oxygens (including phenoxy) is 1. The Balaban J connectivity index is 2.91. The zero-order chi connectivity index (χ0) is 18.5. The van der Waals surface area contributed by atoms with E-state index in [1.807, 2.05) is 6.92 Å². The number of nitrogens with one attached hydrogen (secondary N) is 1. The fourth-order valence-electron chi connectivity index (χ4n) is 2.15. The summed E-state index contributed by atoms with van der Waals surface area (Å²) < 4.78 is 57.2. The van der Waals surface area contributed by atoms with E-state index in [0.29, 0.717) is 6.42 Å². The number of hydrogen-bond acceptors (Lipinski definition) is 5. The molecule has 7 nitrogen and oxygen atoms in total. The summed E-state index contributed by atoms with van der Waals surface area (Å²) in [5.74, 6) is 0.161. The van der Waals surface area contributed by atoms with Gasteiger partial charge in [0, 0.05) is 24.2 Å². The molecule has 10 heteroatoms. The van der Waals surface area contributed by atoms with Crippen molar-refractivity contribution in [3.63, 3.8) is 0 Å². The monoisotopic (exact) mass is 398 g/mol. The van der Waals surface area contributed by atoms with Crippen LogP contribution in [-0.2, 0) is 20.0 Å². The number of rotatable bonds is 9. The van der Waals surface area contributed by atoms with E-state index in [4.69, 9.17) is 16.3 Å². The molecule has 0 amide bonds. The summed E-state index contributed by atoms with van der Waals surface area (Å²) in [5.41, 5.74) is 0. The Bertz CT molecular complexity index is 765. The summed E-state index contributed by atoms with van der Waals surface area (Å²) >= 11 is 5.85. The van der Waals surface area contributed by atoms with Gasteiger partial charge in [-0.15, -0.1) is 0 Å². The summed E-state index contributed by atoms with van der Waals surface area (Å²) in [5, 5.41) is 0.258. The number of hydrogen-bond donors (Lipinski definition) is 1. The Morgan fingerprint density at radius 1 is 1.29 bits per heavy atom. The molecule has 0 aliphatic carbocycles. The molecule has 0 radical (unpaired) electrons. The molecule has 1 aromatic carbocycles. The molecule has 0 aromatic heterocycles. The van der Waals surface area contributed by atoms with Gasteiger partial charge >= 0.3 is 0 Å². The number of sulfonamides is 2. The zero-order valence-electron chi connectivity index (χ0n) is 14.1. The quantitative estimate of drug-likeness (QED) is 0.683. The van der Waals surface area contributed by atoms with Gasteiger partial charge in [0.2, 0.25) is 20.0 Å². The van der Waals surface area contributed by atoms with Crippen LogP contribution in [0, 0.1) is 0 Å². The van der Waals surface area contributed by atoms with Crippen LogP contribution in [0.1, 0.15) is 20.3 Å². The van der Waals surface area contributed by atoms with E-state index in [9.17, 15) is 16.8 Å². The summed E-state index contributed by atoms with van der Waals surface area (Å²) in [6.45, 7) is 3.62. The Morgan fingerprint density at radius 3 is 2.42 bits per heavy atom. The number of halogens is 1. The summed E-state index contributed by atoms with van der Waals surface area (Å²) in [6.07, 6.45) is 1.73. The van der Waals surface area contributed by atoms with Crippen molar-refractivity contribution in [2.45, 2.75) is 31.2 Å². The van der Waals surface area contributed by atoms with Crippen LogP contribution >= 0.6 is 11.6 Å². The molecule has 138 valence electrons. The fourth-order valence-corrected chi connectivity index (χ4v) is 4.82. The first-order chi connectivity index (χ1) is 11.0. The van der Waals surface area contributed by atoms with Crippen molar-refractivity contribution < 1.29 is 21.6 Å².